The van der Waals surface area contributed by atoms with Crippen LogP contribution in [-0.4, -0.2) is 36.7 Å². The minimum atomic E-state index is -1.07. The van der Waals surface area contributed by atoms with Crippen LogP contribution in [0, 0.1) is 0 Å². The molecule has 0 aliphatic heterocycles. The Labute approximate surface area is 125 Å². The first-order valence-corrected chi connectivity index (χ1v) is 6.82. The topological polar surface area (TPSA) is 102 Å². The second kappa shape index (κ2) is 7.86. The molecule has 1 atom stereocenters. The minimum Gasteiger partial charge on any atom is -0.480 e. The van der Waals surface area contributed by atoms with E-state index in [2.05, 4.69) is 21.2 Å². The molecule has 0 aliphatic rings. The number of hydrogen-bond donors (Lipinski definition) is 3. The van der Waals surface area contributed by atoms with Gasteiger partial charge in [0.15, 0.2) is 0 Å². The number of amides is 1. The first kappa shape index (κ1) is 16.5. The van der Waals surface area contributed by atoms with Gasteiger partial charge in [-0.2, -0.15) is 0 Å². The van der Waals surface area contributed by atoms with Crippen molar-refractivity contribution in [1.29, 1.82) is 0 Å². The number of halogens is 1. The molecule has 20 heavy (non-hydrogen) atoms. The molecule has 0 radical (unpaired) electrons. The molecular weight excluding hydrogens is 328 g/mol. The van der Waals surface area contributed by atoms with Crippen molar-refractivity contribution in [1.82, 2.24) is 5.32 Å². The molecule has 110 valence electrons. The summed E-state index contributed by atoms with van der Waals surface area (Å²) in [5.41, 5.74) is 6.38. The third-order valence-corrected chi connectivity index (χ3v) is 3.08. The molecule has 0 heterocycles. The maximum Gasteiger partial charge on any atom is 0.326 e. The van der Waals surface area contributed by atoms with Gasteiger partial charge in [0.25, 0.3) is 5.91 Å². The predicted molar refractivity (Wildman–Crippen MR) is 78.6 cm³/mol. The Kier molecular flexibility index (Phi) is 6.47. The third kappa shape index (κ3) is 5.18. The Hall–Kier alpha value is -1.60. The normalized spacial score (nSPS) is 11.9. The number of carboxylic acids is 1. The Morgan fingerprint density at radius 3 is 2.70 bits per heavy atom. The Bertz CT molecular complexity index is 473. The van der Waals surface area contributed by atoms with Crippen molar-refractivity contribution >= 4 is 33.5 Å². The molecule has 0 spiro atoms. The molecule has 7 heteroatoms. The van der Waals surface area contributed by atoms with Gasteiger partial charge in [-0.3, -0.25) is 4.79 Å². The lowest BCUT2D eigenvalue weighted by Crippen LogP contribution is -2.40. The number of carbonyl (C=O) groups is 2. The molecule has 1 rings (SSSR count). The van der Waals surface area contributed by atoms with E-state index < -0.39 is 17.9 Å². The van der Waals surface area contributed by atoms with E-state index in [4.69, 9.17) is 15.6 Å². The van der Waals surface area contributed by atoms with Crippen LogP contribution in [0.5, 0.6) is 0 Å². The summed E-state index contributed by atoms with van der Waals surface area (Å²) in [6.45, 7) is 0.448. The van der Waals surface area contributed by atoms with Gasteiger partial charge >= 0.3 is 5.97 Å². The molecule has 0 bridgehead atoms. The number of aliphatic carboxylic acids is 1. The van der Waals surface area contributed by atoms with E-state index in [1.54, 1.807) is 19.2 Å². The lowest BCUT2D eigenvalue weighted by atomic mass is 10.1. The number of methoxy groups -OCH3 is 1. The highest BCUT2D eigenvalue weighted by molar-refractivity contribution is 9.10. The zero-order valence-corrected chi connectivity index (χ0v) is 12.6. The summed E-state index contributed by atoms with van der Waals surface area (Å²) in [7, 11) is 1.54. The van der Waals surface area contributed by atoms with Crippen LogP contribution in [0.4, 0.5) is 5.69 Å². The summed E-state index contributed by atoms with van der Waals surface area (Å²) in [5, 5.41) is 11.6. The van der Waals surface area contributed by atoms with Gasteiger partial charge in [-0.05, 0) is 31.0 Å². The van der Waals surface area contributed by atoms with Gasteiger partial charge in [-0.1, -0.05) is 15.9 Å². The second-order valence-electron chi connectivity index (χ2n) is 4.27. The van der Waals surface area contributed by atoms with Crippen LogP contribution in [0.1, 0.15) is 23.2 Å². The Balaban J connectivity index is 2.72. The highest BCUT2D eigenvalue weighted by Crippen LogP contribution is 2.17. The molecule has 4 N–H and O–H groups in total. The number of nitrogens with two attached hydrogens (primary N) is 1. The number of anilines is 1. The number of rotatable bonds is 7. The van der Waals surface area contributed by atoms with E-state index in [1.165, 1.54) is 6.07 Å². The maximum absolute atomic E-state index is 12.0. The summed E-state index contributed by atoms with van der Waals surface area (Å²) in [5.74, 6) is -1.54. The smallest absolute Gasteiger partial charge is 0.326 e. The second-order valence-corrected chi connectivity index (χ2v) is 5.19. The van der Waals surface area contributed by atoms with Gasteiger partial charge in [-0.25, -0.2) is 4.79 Å². The lowest BCUT2D eigenvalue weighted by Gasteiger charge is -2.14. The van der Waals surface area contributed by atoms with Crippen LogP contribution < -0.4 is 11.1 Å². The molecule has 0 saturated heterocycles. The zero-order chi connectivity index (χ0) is 15.1. The summed E-state index contributed by atoms with van der Waals surface area (Å²) >= 11 is 3.23. The van der Waals surface area contributed by atoms with Crippen molar-refractivity contribution < 1.29 is 19.4 Å². The number of benzene rings is 1. The quantitative estimate of drug-likeness (QED) is 0.515. The summed E-state index contributed by atoms with van der Waals surface area (Å²) in [6.07, 6.45) is 0.854. The fraction of sp³-hybridized carbons (Fsp3) is 0.385. The molecule has 0 aliphatic carbocycles. The number of hydrogen-bond acceptors (Lipinski definition) is 4. The standard InChI is InChI=1S/C13H17BrN2O4/c1-20-4-2-3-11(13(18)19)16-12(17)8-5-9(14)7-10(15)6-8/h5-7,11H,2-4,15H2,1H3,(H,16,17)(H,18,19). The van der Waals surface area contributed by atoms with E-state index >= 15 is 0 Å². The van der Waals surface area contributed by atoms with Crippen LogP contribution in [0.3, 0.4) is 0 Å². The van der Waals surface area contributed by atoms with Crippen LogP contribution in [0.25, 0.3) is 0 Å². The highest BCUT2D eigenvalue weighted by atomic mass is 79.9. The Morgan fingerprint density at radius 1 is 1.45 bits per heavy atom. The van der Waals surface area contributed by atoms with Gasteiger partial charge in [-0.15, -0.1) is 0 Å². The summed E-state index contributed by atoms with van der Waals surface area (Å²) in [6, 6.07) is 3.79. The van der Waals surface area contributed by atoms with Crippen molar-refractivity contribution in [2.75, 3.05) is 19.5 Å². The van der Waals surface area contributed by atoms with Crippen molar-refractivity contribution in [3.05, 3.63) is 28.2 Å². The molecule has 1 aromatic rings. The molecule has 1 unspecified atom stereocenters. The lowest BCUT2D eigenvalue weighted by molar-refractivity contribution is -0.139. The summed E-state index contributed by atoms with van der Waals surface area (Å²) in [4.78, 5) is 23.1. The molecule has 0 fully saturated rings. The van der Waals surface area contributed by atoms with Crippen molar-refractivity contribution in [3.8, 4) is 0 Å². The van der Waals surface area contributed by atoms with Crippen molar-refractivity contribution in [3.63, 3.8) is 0 Å². The van der Waals surface area contributed by atoms with Crippen LogP contribution >= 0.6 is 15.9 Å². The largest absolute Gasteiger partial charge is 0.480 e. The fourth-order valence-electron chi connectivity index (χ4n) is 1.67. The van der Waals surface area contributed by atoms with Crippen molar-refractivity contribution in [2.45, 2.75) is 18.9 Å². The van der Waals surface area contributed by atoms with E-state index in [0.29, 0.717) is 35.2 Å². The fourth-order valence-corrected chi connectivity index (χ4v) is 2.19. The summed E-state index contributed by atoms with van der Waals surface area (Å²) < 4.78 is 5.53. The molecule has 1 amide bonds. The Morgan fingerprint density at radius 2 is 2.15 bits per heavy atom. The minimum absolute atomic E-state index is 0.304. The van der Waals surface area contributed by atoms with Crippen LogP contribution in [0.15, 0.2) is 22.7 Å². The third-order valence-electron chi connectivity index (χ3n) is 2.63. The zero-order valence-electron chi connectivity index (χ0n) is 11.1. The van der Waals surface area contributed by atoms with E-state index in [0.717, 1.165) is 0 Å². The number of carbonyl (C=O) groups excluding carboxylic acids is 1. The van der Waals surface area contributed by atoms with E-state index in [1.807, 2.05) is 0 Å². The first-order valence-electron chi connectivity index (χ1n) is 6.02. The van der Waals surface area contributed by atoms with Gasteiger partial charge in [0.2, 0.25) is 0 Å². The molecule has 6 nitrogen and oxygen atoms in total. The first-order chi connectivity index (χ1) is 9.43. The average molecular weight is 345 g/mol. The van der Waals surface area contributed by atoms with Crippen LogP contribution in [0.2, 0.25) is 0 Å². The van der Waals surface area contributed by atoms with E-state index in [9.17, 15) is 9.59 Å². The van der Waals surface area contributed by atoms with Crippen LogP contribution in [-0.2, 0) is 9.53 Å². The van der Waals surface area contributed by atoms with Gasteiger partial charge in [0.05, 0.1) is 0 Å². The maximum atomic E-state index is 12.0. The average Bonchev–Trinajstić information content (AvgIpc) is 2.36. The monoisotopic (exact) mass is 344 g/mol. The molecule has 0 aromatic heterocycles. The predicted octanol–water partition coefficient (Wildman–Crippen LogP) is 1.64. The molecule has 0 saturated carbocycles. The van der Waals surface area contributed by atoms with Gasteiger partial charge in [0, 0.05) is 29.4 Å². The highest BCUT2D eigenvalue weighted by Gasteiger charge is 2.20. The number of carboxylic acid groups (broad SMARTS) is 1. The molecule has 1 aromatic carbocycles. The van der Waals surface area contributed by atoms with Crippen molar-refractivity contribution in [2.24, 2.45) is 0 Å². The molecular formula is C13H17BrN2O4. The SMILES string of the molecule is COCCCC(NC(=O)c1cc(N)cc(Br)c1)C(=O)O. The number of ether oxygens (including phenoxy) is 1. The van der Waals surface area contributed by atoms with Gasteiger partial charge < -0.3 is 20.9 Å². The van der Waals surface area contributed by atoms with E-state index in [-0.39, 0.29) is 0 Å². The number of nitrogen functional groups attached to an aromatic ring is 1. The van der Waals surface area contributed by atoms with Gasteiger partial charge in [0.1, 0.15) is 6.04 Å². The number of nitrogens with one attached hydrogen (secondary N) is 1.